The molecule has 0 radical (unpaired) electrons. The largest absolute Gasteiger partial charge is 0.508 e. The molecule has 10 heavy (non-hydrogen) atoms. The summed E-state index contributed by atoms with van der Waals surface area (Å²) in [6.07, 6.45) is 1.47. The maximum Gasteiger partial charge on any atom is 0.123 e. The molecule has 1 heterocycles. The van der Waals surface area contributed by atoms with E-state index in [-0.39, 0.29) is 5.76 Å². The van der Waals surface area contributed by atoms with Crippen LogP contribution in [0.2, 0.25) is 0 Å². The van der Waals surface area contributed by atoms with Gasteiger partial charge in [-0.3, -0.25) is 0 Å². The molecule has 1 rings (SSSR count). The second-order valence-corrected chi connectivity index (χ2v) is 1.92. The Bertz CT molecular complexity index is 240. The number of nitrogens with two attached hydrogens (primary N) is 1. The van der Waals surface area contributed by atoms with Crippen LogP contribution in [-0.2, 0) is 0 Å². The van der Waals surface area contributed by atoms with Crippen molar-refractivity contribution >= 4 is 11.6 Å². The Morgan fingerprint density at radius 1 is 1.60 bits per heavy atom. The Balaban J connectivity index is 3.00. The summed E-state index contributed by atoms with van der Waals surface area (Å²) in [7, 11) is 0. The van der Waals surface area contributed by atoms with E-state index in [4.69, 9.17) is 10.8 Å². The average Bonchev–Trinajstić information content (AvgIpc) is 1.88. The molecule has 0 atom stereocenters. The molecule has 0 spiro atoms. The van der Waals surface area contributed by atoms with E-state index in [1.165, 1.54) is 6.20 Å². The molecule has 52 valence electrons. The normalized spacial score (nSPS) is 9.20. The van der Waals surface area contributed by atoms with Gasteiger partial charge in [0.2, 0.25) is 0 Å². The standard InChI is InChI=1S/C7H8N2O/c1-5(10)6-2-3-7(8)9-4-6/h2-4,10H,1H2,(H2,8,9). The number of nitrogens with zero attached hydrogens (tertiary/aromatic N) is 1. The predicted molar refractivity (Wildman–Crippen MR) is 40.3 cm³/mol. The monoisotopic (exact) mass is 136 g/mol. The summed E-state index contributed by atoms with van der Waals surface area (Å²) in [4.78, 5) is 3.76. The Morgan fingerprint density at radius 2 is 2.30 bits per heavy atom. The van der Waals surface area contributed by atoms with Gasteiger partial charge >= 0.3 is 0 Å². The van der Waals surface area contributed by atoms with Gasteiger partial charge in [0.25, 0.3) is 0 Å². The molecule has 0 amide bonds. The van der Waals surface area contributed by atoms with E-state index in [0.29, 0.717) is 11.4 Å². The minimum atomic E-state index is 0.00694. The molecule has 0 fully saturated rings. The first kappa shape index (κ1) is 6.61. The summed E-state index contributed by atoms with van der Waals surface area (Å²) in [5.74, 6) is 0.442. The van der Waals surface area contributed by atoms with Crippen molar-refractivity contribution in [2.75, 3.05) is 5.73 Å². The van der Waals surface area contributed by atoms with Gasteiger partial charge in [0.05, 0.1) is 0 Å². The molecule has 3 N–H and O–H groups in total. The molecule has 3 heteroatoms. The summed E-state index contributed by atoms with van der Waals surface area (Å²) < 4.78 is 0. The third-order valence-corrected chi connectivity index (χ3v) is 1.12. The van der Waals surface area contributed by atoms with E-state index >= 15 is 0 Å². The van der Waals surface area contributed by atoms with E-state index < -0.39 is 0 Å². The van der Waals surface area contributed by atoms with E-state index in [9.17, 15) is 0 Å². The Hall–Kier alpha value is -1.51. The third kappa shape index (κ3) is 1.25. The number of aliphatic hydroxyl groups excluding tert-OH is 1. The number of aliphatic hydroxyl groups is 1. The molecule has 0 aliphatic carbocycles. The fraction of sp³-hybridized carbons (Fsp3) is 0. The second kappa shape index (κ2) is 2.39. The van der Waals surface area contributed by atoms with Crippen LogP contribution in [0.1, 0.15) is 5.56 Å². The third-order valence-electron chi connectivity index (χ3n) is 1.12. The molecule has 0 unspecified atom stereocenters. The van der Waals surface area contributed by atoms with E-state index in [1.54, 1.807) is 12.1 Å². The first-order chi connectivity index (χ1) is 4.70. The zero-order chi connectivity index (χ0) is 7.56. The lowest BCUT2D eigenvalue weighted by atomic mass is 10.2. The highest BCUT2D eigenvalue weighted by atomic mass is 16.3. The van der Waals surface area contributed by atoms with Gasteiger partial charge in [0.1, 0.15) is 11.6 Å². The van der Waals surface area contributed by atoms with Gasteiger partial charge in [0, 0.05) is 11.8 Å². The Kier molecular flexibility index (Phi) is 1.58. The van der Waals surface area contributed by atoms with Crippen molar-refractivity contribution < 1.29 is 5.11 Å². The Morgan fingerprint density at radius 3 is 2.70 bits per heavy atom. The molecule has 0 aliphatic rings. The molecule has 0 saturated carbocycles. The first-order valence-electron chi connectivity index (χ1n) is 2.80. The van der Waals surface area contributed by atoms with Crippen LogP contribution in [0.25, 0.3) is 5.76 Å². The SMILES string of the molecule is C=C(O)c1ccc(N)nc1. The highest BCUT2D eigenvalue weighted by molar-refractivity contribution is 5.55. The molecular weight excluding hydrogens is 128 g/mol. The number of aromatic nitrogens is 1. The minimum absolute atomic E-state index is 0.00694. The molecule has 1 aromatic rings. The van der Waals surface area contributed by atoms with Gasteiger partial charge in [-0.25, -0.2) is 4.98 Å². The maximum absolute atomic E-state index is 8.84. The highest BCUT2D eigenvalue weighted by Crippen LogP contribution is 2.07. The lowest BCUT2D eigenvalue weighted by Gasteiger charge is -1.96. The van der Waals surface area contributed by atoms with Crippen LogP contribution in [0.3, 0.4) is 0 Å². The minimum Gasteiger partial charge on any atom is -0.508 e. The molecule has 1 aromatic heterocycles. The average molecular weight is 136 g/mol. The van der Waals surface area contributed by atoms with Gasteiger partial charge in [-0.1, -0.05) is 6.58 Å². The van der Waals surface area contributed by atoms with Crippen molar-refractivity contribution in [1.82, 2.24) is 4.98 Å². The zero-order valence-corrected chi connectivity index (χ0v) is 5.41. The van der Waals surface area contributed by atoms with Crippen LogP contribution < -0.4 is 5.73 Å². The number of nitrogen functional groups attached to an aromatic ring is 1. The number of pyridine rings is 1. The Labute approximate surface area is 58.8 Å². The van der Waals surface area contributed by atoms with Crippen LogP contribution in [0, 0.1) is 0 Å². The molecular formula is C7H8N2O. The van der Waals surface area contributed by atoms with Gasteiger partial charge in [-0.15, -0.1) is 0 Å². The van der Waals surface area contributed by atoms with Crippen molar-refractivity contribution in [1.29, 1.82) is 0 Å². The molecule has 0 aliphatic heterocycles. The fourth-order valence-corrected chi connectivity index (χ4v) is 0.576. The molecule has 0 aromatic carbocycles. The number of rotatable bonds is 1. The number of hydrogen-bond donors (Lipinski definition) is 2. The van der Waals surface area contributed by atoms with E-state index in [2.05, 4.69) is 11.6 Å². The predicted octanol–water partition coefficient (Wildman–Crippen LogP) is 1.19. The van der Waals surface area contributed by atoms with Crippen molar-refractivity contribution in [3.63, 3.8) is 0 Å². The summed E-state index contributed by atoms with van der Waals surface area (Å²) in [5.41, 5.74) is 5.90. The van der Waals surface area contributed by atoms with Gasteiger partial charge in [0.15, 0.2) is 0 Å². The topological polar surface area (TPSA) is 59.1 Å². The van der Waals surface area contributed by atoms with Crippen LogP contribution in [0.15, 0.2) is 24.9 Å². The van der Waals surface area contributed by atoms with Crippen LogP contribution in [-0.4, -0.2) is 10.1 Å². The molecule has 3 nitrogen and oxygen atoms in total. The second-order valence-electron chi connectivity index (χ2n) is 1.92. The van der Waals surface area contributed by atoms with Gasteiger partial charge in [-0.2, -0.15) is 0 Å². The van der Waals surface area contributed by atoms with Crippen molar-refractivity contribution in [2.24, 2.45) is 0 Å². The quantitative estimate of drug-likeness (QED) is 0.570. The van der Waals surface area contributed by atoms with Crippen LogP contribution in [0.4, 0.5) is 5.82 Å². The van der Waals surface area contributed by atoms with Crippen molar-refractivity contribution in [3.8, 4) is 0 Å². The summed E-state index contributed by atoms with van der Waals surface area (Å²) in [6.45, 7) is 3.33. The lowest BCUT2D eigenvalue weighted by Crippen LogP contribution is -1.89. The number of anilines is 1. The van der Waals surface area contributed by atoms with Crippen molar-refractivity contribution in [2.45, 2.75) is 0 Å². The van der Waals surface area contributed by atoms with Crippen molar-refractivity contribution in [3.05, 3.63) is 30.5 Å². The summed E-state index contributed by atoms with van der Waals surface area (Å²) >= 11 is 0. The smallest absolute Gasteiger partial charge is 0.123 e. The van der Waals surface area contributed by atoms with E-state index in [0.717, 1.165) is 0 Å². The maximum atomic E-state index is 8.84. The van der Waals surface area contributed by atoms with Crippen LogP contribution >= 0.6 is 0 Å². The van der Waals surface area contributed by atoms with Gasteiger partial charge < -0.3 is 10.8 Å². The van der Waals surface area contributed by atoms with E-state index in [1.807, 2.05) is 0 Å². The lowest BCUT2D eigenvalue weighted by molar-refractivity contribution is 0.513. The zero-order valence-electron chi connectivity index (χ0n) is 5.41. The highest BCUT2D eigenvalue weighted by Gasteiger charge is 1.93. The van der Waals surface area contributed by atoms with Crippen LogP contribution in [0.5, 0.6) is 0 Å². The molecule has 0 bridgehead atoms. The first-order valence-corrected chi connectivity index (χ1v) is 2.80. The van der Waals surface area contributed by atoms with Gasteiger partial charge in [-0.05, 0) is 12.1 Å². The fourth-order valence-electron chi connectivity index (χ4n) is 0.576. The number of hydrogen-bond acceptors (Lipinski definition) is 3. The summed E-state index contributed by atoms with van der Waals surface area (Å²) in [6, 6.07) is 3.27. The molecule has 0 saturated heterocycles. The summed E-state index contributed by atoms with van der Waals surface area (Å²) in [5, 5.41) is 8.84.